The van der Waals surface area contributed by atoms with E-state index in [1.54, 1.807) is 0 Å². The number of amides is 2. The van der Waals surface area contributed by atoms with E-state index >= 15 is 0 Å². The predicted octanol–water partition coefficient (Wildman–Crippen LogP) is 0.978. The first-order chi connectivity index (χ1) is 9.10. The highest BCUT2D eigenvalue weighted by molar-refractivity contribution is 7.13. The van der Waals surface area contributed by atoms with Crippen molar-refractivity contribution in [2.45, 2.75) is 31.2 Å². The number of nitrogens with zero attached hydrogens (tertiary/aromatic N) is 1. The Kier molecular flexibility index (Phi) is 4.33. The van der Waals surface area contributed by atoms with Crippen LogP contribution in [-0.2, 0) is 4.79 Å². The zero-order valence-corrected chi connectivity index (χ0v) is 10.9. The van der Waals surface area contributed by atoms with Crippen LogP contribution in [0.15, 0.2) is 5.38 Å². The lowest BCUT2D eigenvalue weighted by Crippen LogP contribution is -2.43. The normalized spacial score (nSPS) is 15.8. The Morgan fingerprint density at radius 2 is 2.26 bits per heavy atom. The topological polar surface area (TPSA) is 112 Å². The molecule has 4 N–H and O–H groups in total. The maximum absolute atomic E-state index is 11.6. The number of aliphatic hydroxyl groups is 1. The minimum absolute atomic E-state index is 0.0338. The fraction of sp³-hybridized carbons (Fsp3) is 0.545. The van der Waals surface area contributed by atoms with Gasteiger partial charge in [0.15, 0.2) is 5.13 Å². The molecule has 0 aromatic carbocycles. The number of aromatic nitrogens is 1. The summed E-state index contributed by atoms with van der Waals surface area (Å²) < 4.78 is 0. The molecule has 1 atom stereocenters. The summed E-state index contributed by atoms with van der Waals surface area (Å²) in [6, 6.07) is -1.73. The third-order valence-electron chi connectivity index (χ3n) is 2.76. The second-order valence-electron chi connectivity index (χ2n) is 4.35. The summed E-state index contributed by atoms with van der Waals surface area (Å²) in [5.74, 6) is -0.668. The van der Waals surface area contributed by atoms with Crippen molar-refractivity contribution < 1.29 is 19.8 Å². The lowest BCUT2D eigenvalue weighted by Gasteiger charge is -2.12. The number of carbonyl (C=O) groups is 2. The van der Waals surface area contributed by atoms with Gasteiger partial charge in [-0.2, -0.15) is 0 Å². The predicted molar refractivity (Wildman–Crippen MR) is 69.4 cm³/mol. The van der Waals surface area contributed by atoms with E-state index in [1.807, 2.05) is 5.38 Å². The van der Waals surface area contributed by atoms with Crippen LogP contribution < -0.4 is 10.6 Å². The molecule has 1 fully saturated rings. The average Bonchev–Trinajstić information content (AvgIpc) is 3.10. The SMILES string of the molecule is O=C(Nc1nc(C2CC2)cs1)NC(CCO)C(=O)O. The Morgan fingerprint density at radius 3 is 2.84 bits per heavy atom. The lowest BCUT2D eigenvalue weighted by atomic mass is 10.2. The Bertz CT molecular complexity index is 472. The summed E-state index contributed by atoms with van der Waals surface area (Å²) in [4.78, 5) is 26.7. The molecule has 1 aliphatic carbocycles. The summed E-state index contributed by atoms with van der Waals surface area (Å²) in [6.45, 7) is -0.305. The van der Waals surface area contributed by atoms with Crippen LogP contribution in [0.4, 0.5) is 9.93 Å². The number of carboxylic acids is 1. The Morgan fingerprint density at radius 1 is 1.53 bits per heavy atom. The zero-order valence-electron chi connectivity index (χ0n) is 10.1. The molecule has 104 valence electrons. The fourth-order valence-corrected chi connectivity index (χ4v) is 2.38. The van der Waals surface area contributed by atoms with Gasteiger partial charge >= 0.3 is 12.0 Å². The molecule has 1 saturated carbocycles. The Balaban J connectivity index is 1.86. The van der Waals surface area contributed by atoms with E-state index in [2.05, 4.69) is 15.6 Å². The van der Waals surface area contributed by atoms with E-state index in [1.165, 1.54) is 11.3 Å². The molecule has 7 nitrogen and oxygen atoms in total. The van der Waals surface area contributed by atoms with Gasteiger partial charge in [-0.25, -0.2) is 14.6 Å². The zero-order chi connectivity index (χ0) is 13.8. The number of hydrogen-bond acceptors (Lipinski definition) is 5. The summed E-state index contributed by atoms with van der Waals surface area (Å²) in [5.41, 5.74) is 0.977. The third kappa shape index (κ3) is 3.90. The molecule has 0 spiro atoms. The van der Waals surface area contributed by atoms with E-state index in [-0.39, 0.29) is 13.0 Å². The maximum Gasteiger partial charge on any atom is 0.326 e. The molecule has 0 radical (unpaired) electrons. The van der Waals surface area contributed by atoms with Gasteiger partial charge in [0.1, 0.15) is 6.04 Å². The highest BCUT2D eigenvalue weighted by Gasteiger charge is 2.26. The number of carbonyl (C=O) groups excluding carboxylic acids is 1. The maximum atomic E-state index is 11.6. The van der Waals surface area contributed by atoms with Crippen molar-refractivity contribution in [1.29, 1.82) is 0 Å². The molecular weight excluding hydrogens is 270 g/mol. The smallest absolute Gasteiger partial charge is 0.326 e. The van der Waals surface area contributed by atoms with Crippen molar-refractivity contribution in [3.05, 3.63) is 11.1 Å². The molecule has 1 aliphatic rings. The van der Waals surface area contributed by atoms with Crippen LogP contribution >= 0.6 is 11.3 Å². The molecular formula is C11H15N3O4S. The van der Waals surface area contributed by atoms with Crippen molar-refractivity contribution in [3.63, 3.8) is 0 Å². The fourth-order valence-electron chi connectivity index (χ4n) is 1.59. The molecule has 1 aromatic rings. The standard InChI is InChI=1S/C11H15N3O4S/c15-4-3-7(9(16)17)12-10(18)14-11-13-8(5-19-11)6-1-2-6/h5-7,15H,1-4H2,(H,16,17)(H2,12,13,14,18). The number of urea groups is 1. The van der Waals surface area contributed by atoms with E-state index in [0.717, 1.165) is 18.5 Å². The van der Waals surface area contributed by atoms with Crippen LogP contribution in [0.1, 0.15) is 30.9 Å². The van der Waals surface area contributed by atoms with Gasteiger partial charge in [0.25, 0.3) is 0 Å². The van der Waals surface area contributed by atoms with E-state index < -0.39 is 18.0 Å². The number of aliphatic carboxylic acids is 1. The molecule has 1 aromatic heterocycles. The molecule has 1 unspecified atom stereocenters. The van der Waals surface area contributed by atoms with Crippen LogP contribution in [0.25, 0.3) is 0 Å². The highest BCUT2D eigenvalue weighted by Crippen LogP contribution is 2.40. The van der Waals surface area contributed by atoms with Gasteiger partial charge in [-0.3, -0.25) is 5.32 Å². The average molecular weight is 285 g/mol. The minimum atomic E-state index is -1.18. The molecule has 0 aliphatic heterocycles. The van der Waals surface area contributed by atoms with Crippen LogP contribution in [0.5, 0.6) is 0 Å². The Labute approximate surface area is 113 Å². The summed E-state index contributed by atoms with van der Waals surface area (Å²) >= 11 is 1.32. The van der Waals surface area contributed by atoms with Crippen LogP contribution in [-0.4, -0.2) is 39.8 Å². The molecule has 0 saturated heterocycles. The number of rotatable bonds is 6. The van der Waals surface area contributed by atoms with E-state index in [0.29, 0.717) is 11.0 Å². The largest absolute Gasteiger partial charge is 0.480 e. The highest BCUT2D eigenvalue weighted by atomic mass is 32.1. The monoisotopic (exact) mass is 285 g/mol. The van der Waals surface area contributed by atoms with E-state index in [4.69, 9.17) is 10.2 Å². The van der Waals surface area contributed by atoms with Gasteiger partial charge in [0, 0.05) is 24.3 Å². The number of aliphatic hydroxyl groups excluding tert-OH is 1. The van der Waals surface area contributed by atoms with Crippen molar-refractivity contribution in [3.8, 4) is 0 Å². The van der Waals surface area contributed by atoms with Gasteiger partial charge in [-0.05, 0) is 12.8 Å². The van der Waals surface area contributed by atoms with Gasteiger partial charge < -0.3 is 15.5 Å². The summed E-state index contributed by atoms with van der Waals surface area (Å²) in [7, 11) is 0. The van der Waals surface area contributed by atoms with Crippen molar-refractivity contribution in [2.75, 3.05) is 11.9 Å². The summed E-state index contributed by atoms with van der Waals surface area (Å²) in [6.07, 6.45) is 2.23. The molecule has 8 heteroatoms. The number of anilines is 1. The van der Waals surface area contributed by atoms with Gasteiger partial charge in [0.05, 0.1) is 5.69 Å². The van der Waals surface area contributed by atoms with Crippen LogP contribution in [0, 0.1) is 0 Å². The second kappa shape index (κ2) is 5.98. The summed E-state index contributed by atoms with van der Waals surface area (Å²) in [5, 5.41) is 24.7. The quantitative estimate of drug-likeness (QED) is 0.622. The Hall–Kier alpha value is -1.67. The third-order valence-corrected chi connectivity index (χ3v) is 3.54. The lowest BCUT2D eigenvalue weighted by molar-refractivity contribution is -0.139. The van der Waals surface area contributed by atoms with Crippen LogP contribution in [0.2, 0.25) is 0 Å². The van der Waals surface area contributed by atoms with Crippen molar-refractivity contribution >= 4 is 28.5 Å². The van der Waals surface area contributed by atoms with E-state index in [9.17, 15) is 9.59 Å². The first-order valence-electron chi connectivity index (χ1n) is 5.96. The minimum Gasteiger partial charge on any atom is -0.480 e. The van der Waals surface area contributed by atoms with Gasteiger partial charge in [0.2, 0.25) is 0 Å². The number of nitrogens with one attached hydrogen (secondary N) is 2. The molecule has 19 heavy (non-hydrogen) atoms. The van der Waals surface area contributed by atoms with Gasteiger partial charge in [-0.15, -0.1) is 11.3 Å². The molecule has 2 amide bonds. The second-order valence-corrected chi connectivity index (χ2v) is 5.21. The number of thiazole rings is 1. The van der Waals surface area contributed by atoms with Crippen LogP contribution in [0.3, 0.4) is 0 Å². The van der Waals surface area contributed by atoms with Crippen molar-refractivity contribution in [2.24, 2.45) is 0 Å². The number of hydrogen-bond donors (Lipinski definition) is 4. The molecule has 0 bridgehead atoms. The van der Waals surface area contributed by atoms with Crippen molar-refractivity contribution in [1.82, 2.24) is 10.3 Å². The molecule has 1 heterocycles. The first kappa shape index (κ1) is 13.8. The first-order valence-corrected chi connectivity index (χ1v) is 6.84. The number of carboxylic acid groups (broad SMARTS) is 1. The van der Waals surface area contributed by atoms with Gasteiger partial charge in [-0.1, -0.05) is 0 Å². The molecule has 2 rings (SSSR count).